The van der Waals surface area contributed by atoms with E-state index < -0.39 is 11.7 Å². The van der Waals surface area contributed by atoms with Crippen LogP contribution in [-0.4, -0.2) is 47.2 Å². The van der Waals surface area contributed by atoms with Crippen LogP contribution < -0.4 is 11.2 Å². The number of aromatic nitrogens is 2. The van der Waals surface area contributed by atoms with Crippen molar-refractivity contribution in [2.45, 2.75) is 38.6 Å². The summed E-state index contributed by atoms with van der Waals surface area (Å²) in [5.41, 5.74) is -0.114. The van der Waals surface area contributed by atoms with E-state index in [0.717, 1.165) is 26.1 Å². The molecule has 1 aliphatic heterocycles. The number of hydrogen-bond acceptors (Lipinski definition) is 5. The number of rotatable bonds is 5. The second-order valence-electron chi connectivity index (χ2n) is 6.75. The van der Waals surface area contributed by atoms with E-state index in [2.05, 4.69) is 14.6 Å². The van der Waals surface area contributed by atoms with Gasteiger partial charge in [-0.25, -0.2) is 9.59 Å². The molecule has 2 aromatic rings. The Hall–Kier alpha value is -2.41. The van der Waals surface area contributed by atoms with Crippen LogP contribution in [0.5, 0.6) is 0 Å². The third-order valence-corrected chi connectivity index (χ3v) is 4.96. The van der Waals surface area contributed by atoms with Gasteiger partial charge in [-0.3, -0.25) is 9.36 Å². The zero-order chi connectivity index (χ0) is 18.5. The number of carbonyl (C=O) groups excluding carboxylic acids is 1. The average Bonchev–Trinajstić information content (AvgIpc) is 2.92. The summed E-state index contributed by atoms with van der Waals surface area (Å²) in [6, 6.07) is 4.58. The highest BCUT2D eigenvalue weighted by Gasteiger charge is 2.13. The molecule has 140 valence electrons. The maximum absolute atomic E-state index is 12.7. The molecule has 1 N–H and O–H groups in total. The minimum Gasteiger partial charge on any atom is -0.465 e. The molecule has 1 aromatic heterocycles. The number of carbonyl (C=O) groups is 1. The lowest BCUT2D eigenvalue weighted by molar-refractivity contribution is 0.0601. The molecule has 0 spiro atoms. The number of methoxy groups -OCH3 is 1. The molecule has 1 aromatic carbocycles. The molecule has 0 saturated carbocycles. The van der Waals surface area contributed by atoms with E-state index in [0.29, 0.717) is 23.0 Å². The van der Waals surface area contributed by atoms with Crippen LogP contribution in [0.15, 0.2) is 27.8 Å². The molecule has 7 nitrogen and oxygen atoms in total. The molecule has 2 heterocycles. The number of aromatic amines is 1. The molecule has 7 heteroatoms. The Labute approximate surface area is 151 Å². The number of likely N-dealkylation sites (tertiary alicyclic amines) is 1. The van der Waals surface area contributed by atoms with Gasteiger partial charge in [0.2, 0.25) is 0 Å². The topological polar surface area (TPSA) is 84.4 Å². The lowest BCUT2D eigenvalue weighted by atomic mass is 10.1. The predicted molar refractivity (Wildman–Crippen MR) is 99.7 cm³/mol. The van der Waals surface area contributed by atoms with Gasteiger partial charge in [-0.2, -0.15) is 0 Å². The third-order valence-electron chi connectivity index (χ3n) is 4.96. The normalized spacial score (nSPS) is 15.7. The summed E-state index contributed by atoms with van der Waals surface area (Å²) < 4.78 is 5.92. The molecule has 1 fully saturated rings. The zero-order valence-electron chi connectivity index (χ0n) is 15.1. The monoisotopic (exact) mass is 359 g/mol. The lowest BCUT2D eigenvalue weighted by Gasteiger charge is -2.19. The Morgan fingerprint density at radius 3 is 2.54 bits per heavy atom. The number of esters is 1. The largest absolute Gasteiger partial charge is 0.465 e. The summed E-state index contributed by atoms with van der Waals surface area (Å²) in [6.07, 6.45) is 5.77. The van der Waals surface area contributed by atoms with Crippen molar-refractivity contribution in [3.8, 4) is 0 Å². The van der Waals surface area contributed by atoms with E-state index in [-0.39, 0.29) is 5.56 Å². The van der Waals surface area contributed by atoms with Crippen molar-refractivity contribution in [1.29, 1.82) is 0 Å². The number of hydrogen-bond donors (Lipinski definition) is 1. The van der Waals surface area contributed by atoms with E-state index >= 15 is 0 Å². The fourth-order valence-electron chi connectivity index (χ4n) is 3.51. The number of H-pyrrole nitrogens is 1. The van der Waals surface area contributed by atoms with Crippen LogP contribution in [-0.2, 0) is 11.3 Å². The molecule has 0 atom stereocenters. The minimum atomic E-state index is -0.505. The number of nitrogens with one attached hydrogen (secondary N) is 1. The third kappa shape index (κ3) is 4.04. The van der Waals surface area contributed by atoms with Gasteiger partial charge in [0.25, 0.3) is 5.56 Å². The van der Waals surface area contributed by atoms with Crippen molar-refractivity contribution in [1.82, 2.24) is 14.5 Å². The van der Waals surface area contributed by atoms with Gasteiger partial charge in [0, 0.05) is 6.54 Å². The van der Waals surface area contributed by atoms with Gasteiger partial charge in [-0.1, -0.05) is 12.8 Å². The first-order chi connectivity index (χ1) is 12.6. The van der Waals surface area contributed by atoms with Gasteiger partial charge >= 0.3 is 11.7 Å². The van der Waals surface area contributed by atoms with Crippen molar-refractivity contribution in [3.05, 3.63) is 44.6 Å². The molecule has 0 unspecified atom stereocenters. The van der Waals surface area contributed by atoms with Gasteiger partial charge in [0.05, 0.1) is 23.6 Å². The fraction of sp³-hybridized carbons (Fsp3) is 0.526. The Bertz CT molecular complexity index is 892. The molecule has 0 bridgehead atoms. The van der Waals surface area contributed by atoms with Crippen molar-refractivity contribution < 1.29 is 9.53 Å². The van der Waals surface area contributed by atoms with Crippen LogP contribution in [0.3, 0.4) is 0 Å². The highest BCUT2D eigenvalue weighted by Crippen LogP contribution is 2.11. The van der Waals surface area contributed by atoms with E-state index in [4.69, 9.17) is 0 Å². The Morgan fingerprint density at radius 2 is 1.85 bits per heavy atom. The van der Waals surface area contributed by atoms with E-state index in [9.17, 15) is 14.4 Å². The molecular weight excluding hydrogens is 334 g/mol. The fourth-order valence-corrected chi connectivity index (χ4v) is 3.51. The van der Waals surface area contributed by atoms with Crippen LogP contribution in [0.4, 0.5) is 0 Å². The Balaban J connectivity index is 1.77. The highest BCUT2D eigenvalue weighted by atomic mass is 16.5. The number of nitrogens with zero attached hydrogens (tertiary/aromatic N) is 2. The molecule has 1 saturated heterocycles. The predicted octanol–water partition coefficient (Wildman–Crippen LogP) is 1.74. The quantitative estimate of drug-likeness (QED) is 0.822. The summed E-state index contributed by atoms with van der Waals surface area (Å²) in [6.45, 7) is 3.48. The summed E-state index contributed by atoms with van der Waals surface area (Å²) in [7, 11) is 1.29. The molecule has 0 radical (unpaired) electrons. The first-order valence-electron chi connectivity index (χ1n) is 9.17. The first kappa shape index (κ1) is 18.4. The molecule has 0 amide bonds. The van der Waals surface area contributed by atoms with Crippen molar-refractivity contribution >= 4 is 16.9 Å². The number of fused-ring (bicyclic) bond motifs is 1. The summed E-state index contributed by atoms with van der Waals surface area (Å²) >= 11 is 0. The van der Waals surface area contributed by atoms with Gasteiger partial charge < -0.3 is 14.6 Å². The van der Waals surface area contributed by atoms with E-state index in [1.165, 1.54) is 49.5 Å². The van der Waals surface area contributed by atoms with Crippen LogP contribution in [0, 0.1) is 0 Å². The lowest BCUT2D eigenvalue weighted by Crippen LogP contribution is -2.36. The second-order valence-corrected chi connectivity index (χ2v) is 6.75. The van der Waals surface area contributed by atoms with Crippen LogP contribution >= 0.6 is 0 Å². The van der Waals surface area contributed by atoms with Gasteiger partial charge in [0.1, 0.15) is 0 Å². The highest BCUT2D eigenvalue weighted by molar-refractivity contribution is 5.93. The number of benzene rings is 1. The molecule has 0 aliphatic carbocycles. The average molecular weight is 359 g/mol. The van der Waals surface area contributed by atoms with Gasteiger partial charge in [0.15, 0.2) is 0 Å². The Kier molecular flexibility index (Phi) is 5.88. The molecule has 3 rings (SSSR count). The summed E-state index contributed by atoms with van der Waals surface area (Å²) in [5, 5.41) is 0.395. The maximum Gasteiger partial charge on any atom is 0.337 e. The van der Waals surface area contributed by atoms with Crippen LogP contribution in [0.2, 0.25) is 0 Å². The maximum atomic E-state index is 12.7. The smallest absolute Gasteiger partial charge is 0.337 e. The van der Waals surface area contributed by atoms with Gasteiger partial charge in [-0.05, 0) is 57.1 Å². The molecule has 26 heavy (non-hydrogen) atoms. The van der Waals surface area contributed by atoms with Gasteiger partial charge in [-0.15, -0.1) is 0 Å². The second kappa shape index (κ2) is 8.31. The van der Waals surface area contributed by atoms with E-state index in [1.807, 2.05) is 0 Å². The SMILES string of the molecule is COC(=O)c1ccc2c(=O)n(CCCN3CCCCCC3)c(=O)[nH]c2c1. The Morgan fingerprint density at radius 1 is 1.12 bits per heavy atom. The molecule has 1 aliphatic rings. The standard InChI is InChI=1S/C19H25N3O4/c1-26-18(24)14-7-8-15-16(13-14)20-19(25)22(17(15)23)12-6-11-21-9-4-2-3-5-10-21/h7-8,13H,2-6,9-12H2,1H3,(H,20,25). The van der Waals surface area contributed by atoms with Crippen LogP contribution in [0.1, 0.15) is 42.5 Å². The minimum absolute atomic E-state index is 0.300. The first-order valence-corrected chi connectivity index (χ1v) is 9.17. The van der Waals surface area contributed by atoms with Crippen molar-refractivity contribution in [2.24, 2.45) is 0 Å². The summed E-state index contributed by atoms with van der Waals surface area (Å²) in [4.78, 5) is 41.7. The number of ether oxygens (including phenoxy) is 1. The van der Waals surface area contributed by atoms with Crippen LogP contribution in [0.25, 0.3) is 10.9 Å². The van der Waals surface area contributed by atoms with E-state index in [1.54, 1.807) is 6.07 Å². The van der Waals surface area contributed by atoms with Crippen molar-refractivity contribution in [3.63, 3.8) is 0 Å². The zero-order valence-corrected chi connectivity index (χ0v) is 15.1. The summed E-state index contributed by atoms with van der Waals surface area (Å²) in [5.74, 6) is -0.505. The van der Waals surface area contributed by atoms with Crippen molar-refractivity contribution in [2.75, 3.05) is 26.7 Å². The molecular formula is C19H25N3O4.